The van der Waals surface area contributed by atoms with Gasteiger partial charge in [0.15, 0.2) is 0 Å². The maximum atomic E-state index is 10.6. The minimum Gasteiger partial charge on any atom is -0.441 e. The highest BCUT2D eigenvalue weighted by Crippen LogP contribution is 2.24. The van der Waals surface area contributed by atoms with E-state index in [2.05, 4.69) is 4.98 Å². The zero-order valence-electron chi connectivity index (χ0n) is 12.1. The highest BCUT2D eigenvalue weighted by atomic mass is 16.6. The molecule has 0 saturated heterocycles. The summed E-state index contributed by atoms with van der Waals surface area (Å²) in [4.78, 5) is 14.4. The summed E-state index contributed by atoms with van der Waals surface area (Å²) in [6, 6.07) is 15.3. The lowest BCUT2D eigenvalue weighted by Crippen LogP contribution is -2.01. The number of rotatable bonds is 5. The third-order valence-corrected chi connectivity index (χ3v) is 3.46. The van der Waals surface area contributed by atoms with E-state index in [1.165, 1.54) is 24.3 Å². The van der Waals surface area contributed by atoms with E-state index in [0.717, 1.165) is 5.56 Å². The molecule has 1 heterocycles. The molecular formula is C17H14N2O4. The summed E-state index contributed by atoms with van der Waals surface area (Å²) in [5.41, 5.74) is 1.45. The Labute approximate surface area is 132 Å². The first-order chi connectivity index (χ1) is 11.1. The van der Waals surface area contributed by atoms with Crippen LogP contribution in [-0.2, 0) is 6.42 Å². The topological polar surface area (TPSA) is 89.4 Å². The number of nitro groups is 1. The van der Waals surface area contributed by atoms with E-state index < -0.39 is 11.0 Å². The van der Waals surface area contributed by atoms with E-state index in [9.17, 15) is 15.2 Å². The van der Waals surface area contributed by atoms with Gasteiger partial charge in [0.2, 0.25) is 5.89 Å². The third-order valence-electron chi connectivity index (χ3n) is 3.46. The fraction of sp³-hybridized carbons (Fsp3) is 0.118. The zero-order valence-corrected chi connectivity index (χ0v) is 12.1. The number of hydrogen-bond acceptors (Lipinski definition) is 5. The molecule has 0 spiro atoms. The van der Waals surface area contributed by atoms with Crippen LogP contribution in [0.1, 0.15) is 17.4 Å². The van der Waals surface area contributed by atoms with Gasteiger partial charge in [-0.25, -0.2) is 4.98 Å². The number of aliphatic hydroxyl groups excluding tert-OH is 1. The molecule has 3 aromatic rings. The van der Waals surface area contributed by atoms with Crippen LogP contribution in [0.5, 0.6) is 0 Å². The lowest BCUT2D eigenvalue weighted by molar-refractivity contribution is -0.384. The fourth-order valence-corrected chi connectivity index (χ4v) is 2.24. The lowest BCUT2D eigenvalue weighted by atomic mass is 10.1. The molecule has 0 amide bonds. The van der Waals surface area contributed by atoms with Gasteiger partial charge in [0.25, 0.3) is 5.69 Å². The summed E-state index contributed by atoms with van der Waals surface area (Å²) in [5.74, 6) is 1.05. The number of nitro benzene ring substituents is 1. The summed E-state index contributed by atoms with van der Waals surface area (Å²) in [7, 11) is 0. The van der Waals surface area contributed by atoms with E-state index in [4.69, 9.17) is 4.42 Å². The molecule has 6 nitrogen and oxygen atoms in total. The molecule has 2 aromatic carbocycles. The van der Waals surface area contributed by atoms with Crippen molar-refractivity contribution in [2.75, 3.05) is 0 Å². The Balaban J connectivity index is 1.72. The van der Waals surface area contributed by atoms with Crippen molar-refractivity contribution in [2.45, 2.75) is 12.5 Å². The van der Waals surface area contributed by atoms with Gasteiger partial charge in [-0.05, 0) is 29.8 Å². The Morgan fingerprint density at radius 1 is 1.13 bits per heavy atom. The molecule has 0 aliphatic rings. The van der Waals surface area contributed by atoms with Crippen molar-refractivity contribution in [1.29, 1.82) is 0 Å². The van der Waals surface area contributed by atoms with E-state index in [1.807, 2.05) is 30.3 Å². The quantitative estimate of drug-likeness (QED) is 0.575. The van der Waals surface area contributed by atoms with Crippen LogP contribution in [0.3, 0.4) is 0 Å². The highest BCUT2D eigenvalue weighted by Gasteiger charge is 2.14. The van der Waals surface area contributed by atoms with Crippen LogP contribution in [0.2, 0.25) is 0 Å². The van der Waals surface area contributed by atoms with Crippen molar-refractivity contribution in [1.82, 2.24) is 4.98 Å². The maximum absolute atomic E-state index is 10.6. The number of aliphatic hydroxyl groups is 1. The Morgan fingerprint density at radius 3 is 2.48 bits per heavy atom. The molecule has 3 rings (SSSR count). The van der Waals surface area contributed by atoms with Gasteiger partial charge in [0, 0.05) is 24.1 Å². The third kappa shape index (κ3) is 3.44. The lowest BCUT2D eigenvalue weighted by Gasteiger charge is -2.08. The van der Waals surface area contributed by atoms with Gasteiger partial charge in [-0.15, -0.1) is 0 Å². The van der Waals surface area contributed by atoms with Crippen molar-refractivity contribution in [3.8, 4) is 11.5 Å². The van der Waals surface area contributed by atoms with Crippen LogP contribution < -0.4 is 0 Å². The van der Waals surface area contributed by atoms with Crippen LogP contribution in [0.15, 0.2) is 65.2 Å². The van der Waals surface area contributed by atoms with Crippen LogP contribution >= 0.6 is 0 Å². The average Bonchev–Trinajstić information content (AvgIpc) is 3.04. The Hall–Kier alpha value is -2.99. The first kappa shape index (κ1) is 14.9. The molecule has 0 saturated carbocycles. The molecule has 1 aromatic heterocycles. The molecule has 0 radical (unpaired) electrons. The maximum Gasteiger partial charge on any atom is 0.269 e. The van der Waals surface area contributed by atoms with E-state index in [-0.39, 0.29) is 12.1 Å². The Bertz CT molecular complexity index is 797. The summed E-state index contributed by atoms with van der Waals surface area (Å²) in [6.07, 6.45) is 1.02. The Kier molecular flexibility index (Phi) is 4.16. The second kappa shape index (κ2) is 6.41. The van der Waals surface area contributed by atoms with E-state index in [1.54, 1.807) is 6.20 Å². The first-order valence-electron chi connectivity index (χ1n) is 7.06. The molecule has 0 fully saturated rings. The second-order valence-electron chi connectivity index (χ2n) is 5.07. The second-order valence-corrected chi connectivity index (χ2v) is 5.07. The smallest absolute Gasteiger partial charge is 0.269 e. The molecular weight excluding hydrogens is 296 g/mol. The SMILES string of the molecule is O=[N+]([O-])c1ccc(C(O)Cc2cnc(-c3ccccc3)o2)cc1. The van der Waals surface area contributed by atoms with Crippen LogP contribution in [0.25, 0.3) is 11.5 Å². The standard InChI is InChI=1S/C17H14N2O4/c20-16(12-6-8-14(9-7-12)19(21)22)10-15-11-18-17(23-15)13-4-2-1-3-5-13/h1-9,11,16,20H,10H2. The molecule has 1 N–H and O–H groups in total. The molecule has 0 aliphatic carbocycles. The van der Waals surface area contributed by atoms with Gasteiger partial charge in [-0.3, -0.25) is 10.1 Å². The monoisotopic (exact) mass is 310 g/mol. The number of oxazole rings is 1. The minimum absolute atomic E-state index is 0.00743. The number of benzene rings is 2. The minimum atomic E-state index is -0.813. The van der Waals surface area contributed by atoms with Gasteiger partial charge in [-0.1, -0.05) is 18.2 Å². The zero-order chi connectivity index (χ0) is 16.2. The van der Waals surface area contributed by atoms with Crippen molar-refractivity contribution in [2.24, 2.45) is 0 Å². The van der Waals surface area contributed by atoms with Gasteiger partial charge < -0.3 is 9.52 Å². The molecule has 0 aliphatic heterocycles. The first-order valence-corrected chi connectivity index (χ1v) is 7.06. The summed E-state index contributed by atoms with van der Waals surface area (Å²) in [6.45, 7) is 0. The van der Waals surface area contributed by atoms with Gasteiger partial charge in [0.1, 0.15) is 5.76 Å². The van der Waals surface area contributed by atoms with Crippen molar-refractivity contribution < 1.29 is 14.4 Å². The Morgan fingerprint density at radius 2 is 1.83 bits per heavy atom. The number of non-ortho nitro benzene ring substituents is 1. The van der Waals surface area contributed by atoms with Gasteiger partial charge in [0.05, 0.1) is 17.2 Å². The fourth-order valence-electron chi connectivity index (χ4n) is 2.24. The number of aromatic nitrogens is 1. The van der Waals surface area contributed by atoms with Gasteiger partial charge in [-0.2, -0.15) is 0 Å². The molecule has 23 heavy (non-hydrogen) atoms. The highest BCUT2D eigenvalue weighted by molar-refractivity contribution is 5.52. The summed E-state index contributed by atoms with van der Waals surface area (Å²) < 4.78 is 5.64. The molecule has 0 bridgehead atoms. The predicted octanol–water partition coefficient (Wildman–Crippen LogP) is 3.53. The normalized spacial score (nSPS) is 12.0. The van der Waals surface area contributed by atoms with Crippen molar-refractivity contribution in [3.63, 3.8) is 0 Å². The summed E-state index contributed by atoms with van der Waals surface area (Å²) in [5, 5.41) is 20.9. The summed E-state index contributed by atoms with van der Waals surface area (Å²) >= 11 is 0. The van der Waals surface area contributed by atoms with Crippen molar-refractivity contribution in [3.05, 3.63) is 82.2 Å². The molecule has 1 unspecified atom stereocenters. The predicted molar refractivity (Wildman–Crippen MR) is 83.7 cm³/mol. The van der Waals surface area contributed by atoms with Gasteiger partial charge >= 0.3 is 0 Å². The molecule has 1 atom stereocenters. The van der Waals surface area contributed by atoms with E-state index in [0.29, 0.717) is 17.2 Å². The van der Waals surface area contributed by atoms with Crippen LogP contribution in [-0.4, -0.2) is 15.0 Å². The van der Waals surface area contributed by atoms with E-state index >= 15 is 0 Å². The number of nitrogens with zero attached hydrogens (tertiary/aromatic N) is 2. The molecule has 6 heteroatoms. The van der Waals surface area contributed by atoms with Crippen molar-refractivity contribution >= 4 is 5.69 Å². The number of hydrogen-bond donors (Lipinski definition) is 1. The van der Waals surface area contributed by atoms with Crippen LogP contribution in [0, 0.1) is 10.1 Å². The largest absolute Gasteiger partial charge is 0.441 e. The molecule has 116 valence electrons. The average molecular weight is 310 g/mol. The van der Waals surface area contributed by atoms with Crippen LogP contribution in [0.4, 0.5) is 5.69 Å².